The molecule has 29 heavy (non-hydrogen) atoms. The summed E-state index contributed by atoms with van der Waals surface area (Å²) in [7, 11) is 1.30. The van der Waals surface area contributed by atoms with E-state index in [1.54, 1.807) is 30.3 Å². The van der Waals surface area contributed by atoms with E-state index in [-0.39, 0.29) is 16.8 Å². The number of nitrogens with one attached hydrogen (secondary N) is 1. The van der Waals surface area contributed by atoms with Crippen LogP contribution in [0.15, 0.2) is 47.4 Å². The number of hydrogen-bond donors (Lipinski definition) is 1. The Kier molecular flexibility index (Phi) is 7.28. The van der Waals surface area contributed by atoms with Crippen molar-refractivity contribution in [2.24, 2.45) is 0 Å². The third-order valence-corrected chi connectivity index (χ3v) is 5.44. The second-order valence-corrected chi connectivity index (χ2v) is 8.34. The van der Waals surface area contributed by atoms with Gasteiger partial charge in [0, 0.05) is 17.9 Å². The van der Waals surface area contributed by atoms with E-state index in [9.17, 15) is 13.2 Å². The Bertz CT molecular complexity index is 997. The van der Waals surface area contributed by atoms with Crippen LogP contribution < -0.4 is 19.5 Å². The summed E-state index contributed by atoms with van der Waals surface area (Å²) in [4.78, 5) is 12.5. The summed E-state index contributed by atoms with van der Waals surface area (Å²) in [6, 6.07) is 9.61. The lowest BCUT2D eigenvalue weighted by molar-refractivity contribution is -0.117. The summed E-state index contributed by atoms with van der Waals surface area (Å²) in [6.07, 6.45) is 4.17. The van der Waals surface area contributed by atoms with E-state index < -0.39 is 9.84 Å². The summed E-state index contributed by atoms with van der Waals surface area (Å²) < 4.78 is 39.1. The first-order valence-corrected chi connectivity index (χ1v) is 10.7. The zero-order chi connectivity index (χ0) is 21.6. The molecule has 0 fully saturated rings. The molecule has 0 saturated carbocycles. The van der Waals surface area contributed by atoms with Crippen LogP contribution in [0.4, 0.5) is 0 Å². The molecule has 0 spiro atoms. The number of sulfone groups is 1. The largest absolute Gasteiger partial charge is 0.493 e. The number of ether oxygens (including phenoxy) is 3. The van der Waals surface area contributed by atoms with Crippen LogP contribution in [0, 0.1) is 0 Å². The monoisotopic (exact) mass is 419 g/mol. The quantitative estimate of drug-likeness (QED) is 0.662. The molecular weight excluding hydrogens is 394 g/mol. The number of carbonyl (C=O) groups is 1. The van der Waals surface area contributed by atoms with Crippen molar-refractivity contribution in [2.75, 3.05) is 27.6 Å². The molecule has 0 aliphatic carbocycles. The predicted octanol–water partition coefficient (Wildman–Crippen LogP) is 3.01. The first-order valence-electron chi connectivity index (χ1n) is 8.78. The third-order valence-electron chi connectivity index (χ3n) is 4.32. The van der Waals surface area contributed by atoms with Gasteiger partial charge < -0.3 is 19.5 Å². The number of rotatable bonds is 8. The molecule has 0 saturated heterocycles. The lowest BCUT2D eigenvalue weighted by Gasteiger charge is -2.15. The van der Waals surface area contributed by atoms with Crippen molar-refractivity contribution in [3.05, 3.63) is 53.6 Å². The predicted molar refractivity (Wildman–Crippen MR) is 111 cm³/mol. The van der Waals surface area contributed by atoms with Crippen molar-refractivity contribution in [1.29, 1.82) is 0 Å². The molecule has 0 heterocycles. The summed E-state index contributed by atoms with van der Waals surface area (Å²) in [5, 5.41) is 2.84. The standard InChI is InChI=1S/C21H25NO6S/c1-14(15-6-10-17(11-7-15)29(5,24)25)22-19(23)13-9-16-8-12-18(26-2)21(28-4)20(16)27-3/h6-14H,1-5H3,(H,22,23)/b13-9+/t14-/m1/s1. The van der Waals surface area contributed by atoms with Crippen molar-refractivity contribution < 1.29 is 27.4 Å². The van der Waals surface area contributed by atoms with Crippen LogP contribution >= 0.6 is 0 Å². The molecule has 0 aliphatic heterocycles. The smallest absolute Gasteiger partial charge is 0.244 e. The number of amides is 1. The van der Waals surface area contributed by atoms with E-state index in [2.05, 4.69) is 5.32 Å². The van der Waals surface area contributed by atoms with Gasteiger partial charge in [-0.2, -0.15) is 0 Å². The molecule has 2 aromatic carbocycles. The number of carbonyl (C=O) groups excluding carboxylic acids is 1. The van der Waals surface area contributed by atoms with Gasteiger partial charge >= 0.3 is 0 Å². The molecule has 1 amide bonds. The molecule has 0 aliphatic rings. The molecule has 0 radical (unpaired) electrons. The molecule has 156 valence electrons. The summed E-state index contributed by atoms with van der Waals surface area (Å²) >= 11 is 0. The minimum atomic E-state index is -3.25. The fourth-order valence-electron chi connectivity index (χ4n) is 2.77. The topological polar surface area (TPSA) is 90.9 Å². The van der Waals surface area contributed by atoms with Gasteiger partial charge in [-0.05, 0) is 42.8 Å². The van der Waals surface area contributed by atoms with Crippen LogP contribution in [0.2, 0.25) is 0 Å². The summed E-state index contributed by atoms with van der Waals surface area (Å²) in [6.45, 7) is 1.82. The third kappa shape index (κ3) is 5.51. The maximum absolute atomic E-state index is 12.3. The van der Waals surface area contributed by atoms with Crippen LogP contribution in [0.25, 0.3) is 6.08 Å². The fourth-order valence-corrected chi connectivity index (χ4v) is 3.40. The Morgan fingerprint density at radius 2 is 1.59 bits per heavy atom. The van der Waals surface area contributed by atoms with E-state index in [0.29, 0.717) is 22.8 Å². The van der Waals surface area contributed by atoms with E-state index in [1.165, 1.54) is 39.5 Å². The molecule has 0 bridgehead atoms. The van der Waals surface area contributed by atoms with Crippen molar-refractivity contribution in [3.8, 4) is 17.2 Å². The van der Waals surface area contributed by atoms with Gasteiger partial charge in [-0.25, -0.2) is 8.42 Å². The average Bonchev–Trinajstić information content (AvgIpc) is 2.70. The molecule has 0 aromatic heterocycles. The fraction of sp³-hybridized carbons (Fsp3) is 0.286. The minimum Gasteiger partial charge on any atom is -0.493 e. The lowest BCUT2D eigenvalue weighted by Crippen LogP contribution is -2.24. The van der Waals surface area contributed by atoms with Crippen LogP contribution in [0.3, 0.4) is 0 Å². The van der Waals surface area contributed by atoms with Crippen LogP contribution in [0.5, 0.6) is 17.2 Å². The van der Waals surface area contributed by atoms with Gasteiger partial charge in [-0.1, -0.05) is 12.1 Å². The highest BCUT2D eigenvalue weighted by atomic mass is 32.2. The van der Waals surface area contributed by atoms with Gasteiger partial charge in [0.25, 0.3) is 0 Å². The zero-order valence-corrected chi connectivity index (χ0v) is 17.9. The highest BCUT2D eigenvalue weighted by Gasteiger charge is 2.15. The van der Waals surface area contributed by atoms with Crippen LogP contribution in [-0.2, 0) is 14.6 Å². The van der Waals surface area contributed by atoms with Gasteiger partial charge in [0.1, 0.15) is 0 Å². The van der Waals surface area contributed by atoms with Crippen molar-refractivity contribution in [3.63, 3.8) is 0 Å². The molecule has 7 nitrogen and oxygen atoms in total. The first-order chi connectivity index (χ1) is 13.7. The highest BCUT2D eigenvalue weighted by Crippen LogP contribution is 2.40. The Hall–Kier alpha value is -3.00. The van der Waals surface area contributed by atoms with Gasteiger partial charge in [0.05, 0.1) is 32.3 Å². The van der Waals surface area contributed by atoms with E-state index >= 15 is 0 Å². The van der Waals surface area contributed by atoms with E-state index in [0.717, 1.165) is 11.8 Å². The second-order valence-electron chi connectivity index (χ2n) is 6.33. The van der Waals surface area contributed by atoms with Crippen molar-refractivity contribution in [2.45, 2.75) is 17.9 Å². The Balaban J connectivity index is 2.13. The normalized spacial score (nSPS) is 12.4. The molecule has 0 unspecified atom stereocenters. The second kappa shape index (κ2) is 9.47. The highest BCUT2D eigenvalue weighted by molar-refractivity contribution is 7.90. The lowest BCUT2D eigenvalue weighted by atomic mass is 10.1. The van der Waals surface area contributed by atoms with Gasteiger partial charge in [-0.15, -0.1) is 0 Å². The molecule has 1 N–H and O–H groups in total. The van der Waals surface area contributed by atoms with Crippen molar-refractivity contribution >= 4 is 21.8 Å². The molecule has 2 rings (SSSR count). The maximum Gasteiger partial charge on any atom is 0.244 e. The number of methoxy groups -OCH3 is 3. The number of hydrogen-bond acceptors (Lipinski definition) is 6. The minimum absolute atomic E-state index is 0.236. The SMILES string of the molecule is COc1ccc(/C=C/C(=O)N[C@H](C)c2ccc(S(C)(=O)=O)cc2)c(OC)c1OC. The van der Waals surface area contributed by atoms with E-state index in [4.69, 9.17) is 14.2 Å². The van der Waals surface area contributed by atoms with Crippen LogP contribution in [-0.4, -0.2) is 41.9 Å². The molecule has 1 atom stereocenters. The van der Waals surface area contributed by atoms with Crippen LogP contribution in [0.1, 0.15) is 24.1 Å². The Labute approximate surface area is 171 Å². The number of benzene rings is 2. The van der Waals surface area contributed by atoms with Gasteiger partial charge in [0.15, 0.2) is 21.3 Å². The Morgan fingerprint density at radius 1 is 0.966 bits per heavy atom. The molecule has 8 heteroatoms. The summed E-state index contributed by atoms with van der Waals surface area (Å²) in [5.74, 6) is 1.12. The van der Waals surface area contributed by atoms with E-state index in [1.807, 2.05) is 6.92 Å². The molecule has 2 aromatic rings. The van der Waals surface area contributed by atoms with Gasteiger partial charge in [-0.3, -0.25) is 4.79 Å². The zero-order valence-electron chi connectivity index (χ0n) is 17.1. The van der Waals surface area contributed by atoms with Gasteiger partial charge in [0.2, 0.25) is 11.7 Å². The summed E-state index contributed by atoms with van der Waals surface area (Å²) in [5.41, 5.74) is 1.45. The average molecular weight is 419 g/mol. The first kappa shape index (κ1) is 22.3. The molecular formula is C21H25NO6S. The van der Waals surface area contributed by atoms with Crippen molar-refractivity contribution in [1.82, 2.24) is 5.32 Å². The Morgan fingerprint density at radius 3 is 2.10 bits per heavy atom. The maximum atomic E-state index is 12.3.